The Morgan fingerprint density at radius 3 is 1.04 bits per heavy atom. The molecule has 0 unspecified atom stereocenters. The Morgan fingerprint density at radius 1 is 0.378 bits per heavy atom. The zero-order valence-corrected chi connectivity index (χ0v) is 24.5. The molecule has 0 aromatic heterocycles. The van der Waals surface area contributed by atoms with Gasteiger partial charge in [0.1, 0.15) is 5.76 Å². The maximum absolute atomic E-state index is 15.1. The van der Waals surface area contributed by atoms with Crippen LogP contribution in [0, 0.1) is 0 Å². The molecular weight excluding hydrogens is 552 g/mol. The Labute approximate surface area is 263 Å². The minimum Gasteiger partial charge on any atom is -0.427 e. The van der Waals surface area contributed by atoms with Crippen LogP contribution in [-0.4, -0.2) is 5.97 Å². The van der Waals surface area contributed by atoms with Crippen LogP contribution < -0.4 is 0 Å². The van der Waals surface area contributed by atoms with Crippen molar-refractivity contribution in [2.75, 3.05) is 0 Å². The van der Waals surface area contributed by atoms with Gasteiger partial charge in [-0.15, -0.1) is 0 Å². The molecule has 0 atom stereocenters. The summed E-state index contributed by atoms with van der Waals surface area (Å²) in [5.41, 5.74) is 5.18. The first kappa shape index (κ1) is 27.9. The molecule has 1 fully saturated rings. The topological polar surface area (TPSA) is 35.5 Å². The SMILES string of the molecule is O=C1OC(=C(c2ccccc2)c2ccccc2)OC(=C(c2ccccc2)c2ccccc2)C1(c1ccccc1)c1ccccc1. The molecule has 216 valence electrons. The zero-order valence-electron chi connectivity index (χ0n) is 24.5. The smallest absolute Gasteiger partial charge is 0.336 e. The van der Waals surface area contributed by atoms with Gasteiger partial charge in [-0.25, -0.2) is 4.79 Å². The maximum atomic E-state index is 15.1. The lowest BCUT2D eigenvalue weighted by Gasteiger charge is -2.40. The normalized spacial score (nSPS) is 13.8. The number of benzene rings is 6. The van der Waals surface area contributed by atoms with E-state index in [1.807, 2.05) is 158 Å². The second-order valence-electron chi connectivity index (χ2n) is 10.8. The van der Waals surface area contributed by atoms with E-state index in [0.717, 1.165) is 39.0 Å². The van der Waals surface area contributed by atoms with E-state index in [9.17, 15) is 0 Å². The molecule has 0 spiro atoms. The van der Waals surface area contributed by atoms with Crippen LogP contribution in [0.2, 0.25) is 0 Å². The van der Waals surface area contributed by atoms with Gasteiger partial charge in [0.25, 0.3) is 0 Å². The lowest BCUT2D eigenvalue weighted by molar-refractivity contribution is -0.155. The average Bonchev–Trinajstić information content (AvgIpc) is 3.11. The van der Waals surface area contributed by atoms with E-state index in [4.69, 9.17) is 9.47 Å². The minimum atomic E-state index is -1.41. The van der Waals surface area contributed by atoms with E-state index < -0.39 is 11.4 Å². The number of cyclic esters (lactones) is 1. The van der Waals surface area contributed by atoms with Crippen LogP contribution in [0.4, 0.5) is 0 Å². The molecule has 45 heavy (non-hydrogen) atoms. The first-order chi connectivity index (χ1) is 22.3. The quantitative estimate of drug-likeness (QED) is 0.184. The van der Waals surface area contributed by atoms with Crippen LogP contribution in [0.15, 0.2) is 194 Å². The molecule has 6 aromatic carbocycles. The first-order valence-corrected chi connectivity index (χ1v) is 15.0. The third-order valence-electron chi connectivity index (χ3n) is 8.12. The van der Waals surface area contributed by atoms with Crippen molar-refractivity contribution in [2.24, 2.45) is 0 Å². The highest BCUT2D eigenvalue weighted by atomic mass is 16.7. The Bertz CT molecular complexity index is 1840. The summed E-state index contributed by atoms with van der Waals surface area (Å²) >= 11 is 0. The van der Waals surface area contributed by atoms with Crippen LogP contribution >= 0.6 is 0 Å². The second kappa shape index (κ2) is 12.4. The van der Waals surface area contributed by atoms with Crippen molar-refractivity contribution in [3.8, 4) is 0 Å². The maximum Gasteiger partial charge on any atom is 0.336 e. The van der Waals surface area contributed by atoms with Crippen molar-refractivity contribution >= 4 is 17.1 Å². The van der Waals surface area contributed by atoms with E-state index in [2.05, 4.69) is 24.3 Å². The molecular formula is C42H30O3. The van der Waals surface area contributed by atoms with Gasteiger partial charge in [0.2, 0.25) is 0 Å². The molecule has 0 N–H and O–H groups in total. The fourth-order valence-corrected chi connectivity index (χ4v) is 6.08. The number of carbonyl (C=O) groups excluding carboxylic acids is 1. The lowest BCUT2D eigenvalue weighted by Crippen LogP contribution is -2.45. The highest BCUT2D eigenvalue weighted by Gasteiger charge is 2.54. The number of esters is 1. The van der Waals surface area contributed by atoms with Crippen molar-refractivity contribution in [3.05, 3.63) is 227 Å². The van der Waals surface area contributed by atoms with E-state index in [0.29, 0.717) is 11.3 Å². The number of rotatable bonds is 6. The molecule has 0 saturated carbocycles. The summed E-state index contributed by atoms with van der Waals surface area (Å²) in [5.74, 6) is 0.178. The van der Waals surface area contributed by atoms with Gasteiger partial charge in [-0.3, -0.25) is 0 Å². The molecule has 0 radical (unpaired) electrons. The predicted octanol–water partition coefficient (Wildman–Crippen LogP) is 9.42. The molecule has 1 aliphatic heterocycles. The lowest BCUT2D eigenvalue weighted by atomic mass is 9.70. The summed E-state index contributed by atoms with van der Waals surface area (Å²) in [6, 6.07) is 59.6. The van der Waals surface area contributed by atoms with Crippen LogP contribution in [0.25, 0.3) is 11.1 Å². The van der Waals surface area contributed by atoms with Gasteiger partial charge < -0.3 is 9.47 Å². The third kappa shape index (κ3) is 5.15. The number of hydrogen-bond acceptors (Lipinski definition) is 3. The molecule has 3 nitrogen and oxygen atoms in total. The van der Waals surface area contributed by atoms with Crippen molar-refractivity contribution in [1.29, 1.82) is 0 Å². The molecule has 0 bridgehead atoms. The van der Waals surface area contributed by atoms with E-state index >= 15 is 4.79 Å². The number of hydrogen-bond donors (Lipinski definition) is 0. The van der Waals surface area contributed by atoms with Crippen LogP contribution in [-0.2, 0) is 19.7 Å². The van der Waals surface area contributed by atoms with E-state index in [1.54, 1.807) is 0 Å². The summed E-state index contributed by atoms with van der Waals surface area (Å²) in [7, 11) is 0. The Morgan fingerprint density at radius 2 is 0.689 bits per heavy atom. The van der Waals surface area contributed by atoms with Crippen molar-refractivity contribution in [3.63, 3.8) is 0 Å². The monoisotopic (exact) mass is 582 g/mol. The summed E-state index contributed by atoms with van der Waals surface area (Å²) in [4.78, 5) is 15.1. The Kier molecular flexibility index (Phi) is 7.65. The molecule has 3 heteroatoms. The van der Waals surface area contributed by atoms with Crippen molar-refractivity contribution in [2.45, 2.75) is 5.41 Å². The Balaban J connectivity index is 1.63. The Hall–Kier alpha value is -5.93. The molecule has 6 aromatic rings. The summed E-state index contributed by atoms with van der Waals surface area (Å²) in [6.07, 6.45) is 0. The van der Waals surface area contributed by atoms with Crippen molar-refractivity contribution in [1.82, 2.24) is 0 Å². The summed E-state index contributed by atoms with van der Waals surface area (Å²) in [5, 5.41) is 0. The standard InChI is InChI=1S/C42H30O3/c43-41-42(35-27-15-5-16-28-35,36-29-17-6-18-30-36)39(37(31-19-7-1-8-20-31)32-21-9-2-10-22-32)44-40(45-41)38(33-23-11-3-12-24-33)34-25-13-4-14-26-34/h1-30H. The molecule has 1 aliphatic rings. The molecule has 7 rings (SSSR count). The van der Waals surface area contributed by atoms with Gasteiger partial charge in [0.05, 0.1) is 5.57 Å². The van der Waals surface area contributed by atoms with E-state index in [-0.39, 0.29) is 5.95 Å². The minimum absolute atomic E-state index is 0.138. The average molecular weight is 583 g/mol. The van der Waals surface area contributed by atoms with Gasteiger partial charge in [0, 0.05) is 5.57 Å². The van der Waals surface area contributed by atoms with Gasteiger partial charge in [-0.1, -0.05) is 182 Å². The van der Waals surface area contributed by atoms with Crippen LogP contribution in [0.1, 0.15) is 33.4 Å². The third-order valence-corrected chi connectivity index (χ3v) is 8.12. The second-order valence-corrected chi connectivity index (χ2v) is 10.8. The largest absolute Gasteiger partial charge is 0.427 e. The van der Waals surface area contributed by atoms with Crippen LogP contribution in [0.3, 0.4) is 0 Å². The molecule has 1 heterocycles. The van der Waals surface area contributed by atoms with Gasteiger partial charge in [-0.05, 0) is 33.4 Å². The van der Waals surface area contributed by atoms with Gasteiger partial charge in [0.15, 0.2) is 5.41 Å². The molecule has 1 saturated heterocycles. The number of ether oxygens (including phenoxy) is 2. The fraction of sp³-hybridized carbons (Fsp3) is 0.0238. The van der Waals surface area contributed by atoms with Gasteiger partial charge in [-0.2, -0.15) is 0 Å². The predicted molar refractivity (Wildman–Crippen MR) is 179 cm³/mol. The summed E-state index contributed by atoms with van der Waals surface area (Å²) < 4.78 is 13.6. The molecule has 0 amide bonds. The highest BCUT2D eigenvalue weighted by molar-refractivity contribution is 5.99. The first-order valence-electron chi connectivity index (χ1n) is 15.0. The zero-order chi connectivity index (χ0) is 30.5. The van der Waals surface area contributed by atoms with Gasteiger partial charge >= 0.3 is 11.9 Å². The fourth-order valence-electron chi connectivity index (χ4n) is 6.08. The number of carbonyl (C=O) groups is 1. The summed E-state index contributed by atoms with van der Waals surface area (Å²) in [6.45, 7) is 0. The van der Waals surface area contributed by atoms with Crippen LogP contribution in [0.5, 0.6) is 0 Å². The van der Waals surface area contributed by atoms with Crippen molar-refractivity contribution < 1.29 is 14.3 Å². The highest BCUT2D eigenvalue weighted by Crippen LogP contribution is 2.51. The molecule has 0 aliphatic carbocycles. The van der Waals surface area contributed by atoms with E-state index in [1.165, 1.54) is 0 Å².